The van der Waals surface area contributed by atoms with Crippen LogP contribution in [0.5, 0.6) is 0 Å². The third-order valence-electron chi connectivity index (χ3n) is 2.35. The Kier molecular flexibility index (Phi) is 1.34. The quantitative estimate of drug-likeness (QED) is 0.643. The van der Waals surface area contributed by atoms with Crippen molar-refractivity contribution in [2.24, 2.45) is 0 Å². The van der Waals surface area contributed by atoms with Crippen LogP contribution in [-0.4, -0.2) is 16.5 Å². The summed E-state index contributed by atoms with van der Waals surface area (Å²) in [5.41, 5.74) is 0.0607. The highest BCUT2D eigenvalue weighted by molar-refractivity contribution is 5.75. The van der Waals surface area contributed by atoms with Gasteiger partial charge < -0.3 is 0 Å². The number of nitrogens with zero attached hydrogens (tertiary/aromatic N) is 1. The van der Waals surface area contributed by atoms with Gasteiger partial charge in [-0.25, -0.2) is 4.39 Å². The van der Waals surface area contributed by atoms with E-state index in [0.29, 0.717) is 24.7 Å². The summed E-state index contributed by atoms with van der Waals surface area (Å²) in [6.07, 6.45) is 1.68. The Labute approximate surface area is 69.0 Å². The van der Waals surface area contributed by atoms with E-state index in [9.17, 15) is 9.18 Å². The van der Waals surface area contributed by atoms with E-state index in [1.54, 1.807) is 0 Å². The summed E-state index contributed by atoms with van der Waals surface area (Å²) in [5, 5.41) is 6.39. The summed E-state index contributed by atoms with van der Waals surface area (Å²) < 4.78 is 13.7. The molecule has 64 valence electrons. The molecule has 1 unspecified atom stereocenters. The predicted octanol–water partition coefficient (Wildman–Crippen LogP) is 1.35. The third-order valence-corrected chi connectivity index (χ3v) is 2.35. The fourth-order valence-corrected chi connectivity index (χ4v) is 1.73. The van der Waals surface area contributed by atoms with Crippen LogP contribution in [0.15, 0.2) is 0 Å². The minimum atomic E-state index is -1.38. The van der Waals surface area contributed by atoms with Gasteiger partial charge in [0.15, 0.2) is 6.29 Å². The van der Waals surface area contributed by atoms with E-state index in [-0.39, 0.29) is 5.69 Å². The highest BCUT2D eigenvalue weighted by Crippen LogP contribution is 2.40. The zero-order valence-electron chi connectivity index (χ0n) is 6.72. The number of aldehydes is 1. The van der Waals surface area contributed by atoms with E-state index in [1.807, 2.05) is 0 Å². The van der Waals surface area contributed by atoms with Crippen molar-refractivity contribution in [3.63, 3.8) is 0 Å². The van der Waals surface area contributed by atoms with E-state index in [4.69, 9.17) is 0 Å². The first kappa shape index (κ1) is 7.46. The number of aryl methyl sites for hydroxylation is 1. The minimum absolute atomic E-state index is 0.215. The lowest BCUT2D eigenvalue weighted by molar-refractivity contribution is 0.111. The molecule has 0 aromatic carbocycles. The second-order valence-corrected chi connectivity index (χ2v) is 3.28. The first-order chi connectivity index (χ1) is 5.65. The lowest BCUT2D eigenvalue weighted by Gasteiger charge is -2.11. The molecule has 0 saturated carbocycles. The molecule has 1 N–H and O–H groups in total. The fourth-order valence-electron chi connectivity index (χ4n) is 1.73. The molecule has 3 nitrogen and oxygen atoms in total. The summed E-state index contributed by atoms with van der Waals surface area (Å²) in [6, 6.07) is 0. The molecule has 1 heterocycles. The molecule has 1 aliphatic rings. The van der Waals surface area contributed by atoms with E-state index in [1.165, 1.54) is 6.92 Å². The molecular weight excluding hydrogens is 159 g/mol. The zero-order valence-corrected chi connectivity index (χ0v) is 6.72. The van der Waals surface area contributed by atoms with E-state index < -0.39 is 5.67 Å². The molecule has 12 heavy (non-hydrogen) atoms. The van der Waals surface area contributed by atoms with Gasteiger partial charge in [0.25, 0.3) is 0 Å². The van der Waals surface area contributed by atoms with Gasteiger partial charge in [0.1, 0.15) is 11.4 Å². The number of alkyl halides is 1. The van der Waals surface area contributed by atoms with E-state index in [2.05, 4.69) is 10.2 Å². The van der Waals surface area contributed by atoms with Gasteiger partial charge in [0, 0.05) is 11.3 Å². The fraction of sp³-hybridized carbons (Fsp3) is 0.500. The molecule has 0 radical (unpaired) electrons. The Bertz CT molecular complexity index is 330. The zero-order chi connectivity index (χ0) is 8.77. The van der Waals surface area contributed by atoms with Crippen molar-refractivity contribution in [1.82, 2.24) is 10.2 Å². The van der Waals surface area contributed by atoms with Crippen molar-refractivity contribution >= 4 is 6.29 Å². The maximum absolute atomic E-state index is 13.7. The first-order valence-electron chi connectivity index (χ1n) is 3.87. The number of aromatic amines is 1. The van der Waals surface area contributed by atoms with E-state index in [0.717, 1.165) is 5.69 Å². The number of hydrogen-bond donors (Lipinski definition) is 1. The summed E-state index contributed by atoms with van der Waals surface area (Å²) in [7, 11) is 0. The van der Waals surface area contributed by atoms with Crippen molar-refractivity contribution < 1.29 is 9.18 Å². The normalized spacial score (nSPS) is 27.2. The molecule has 0 spiro atoms. The van der Waals surface area contributed by atoms with Crippen LogP contribution in [-0.2, 0) is 12.1 Å². The van der Waals surface area contributed by atoms with Gasteiger partial charge in [-0.2, -0.15) is 5.10 Å². The highest BCUT2D eigenvalue weighted by Gasteiger charge is 2.38. The minimum Gasteiger partial charge on any atom is -0.296 e. The molecule has 4 heteroatoms. The van der Waals surface area contributed by atoms with Crippen molar-refractivity contribution in [3.8, 4) is 0 Å². The number of nitrogens with one attached hydrogen (secondary N) is 1. The maximum Gasteiger partial charge on any atom is 0.170 e. The first-order valence-corrected chi connectivity index (χ1v) is 3.87. The van der Waals surface area contributed by atoms with Crippen molar-refractivity contribution in [1.29, 1.82) is 0 Å². The lowest BCUT2D eigenvalue weighted by Crippen LogP contribution is -2.11. The Morgan fingerprint density at radius 1 is 1.75 bits per heavy atom. The predicted molar refractivity (Wildman–Crippen MR) is 40.8 cm³/mol. The number of hydrogen-bond acceptors (Lipinski definition) is 2. The molecule has 0 aliphatic heterocycles. The molecule has 1 atom stereocenters. The van der Waals surface area contributed by atoms with Crippen LogP contribution in [0.25, 0.3) is 0 Å². The number of fused-ring (bicyclic) bond motifs is 1. The average Bonchev–Trinajstić information content (AvgIpc) is 2.53. The van der Waals surface area contributed by atoms with Gasteiger partial charge in [-0.3, -0.25) is 9.89 Å². The molecule has 0 bridgehead atoms. The van der Waals surface area contributed by atoms with Crippen LogP contribution in [0.2, 0.25) is 0 Å². The van der Waals surface area contributed by atoms with Crippen LogP contribution < -0.4 is 0 Å². The molecule has 0 amide bonds. The van der Waals surface area contributed by atoms with Crippen LogP contribution in [0, 0.1) is 0 Å². The largest absolute Gasteiger partial charge is 0.296 e. The van der Waals surface area contributed by atoms with Crippen LogP contribution in [0.4, 0.5) is 4.39 Å². The number of carbonyl (C=O) groups is 1. The highest BCUT2D eigenvalue weighted by atomic mass is 19.1. The molecule has 2 rings (SSSR count). The van der Waals surface area contributed by atoms with Crippen LogP contribution in [0.1, 0.15) is 35.1 Å². The summed E-state index contributed by atoms with van der Waals surface area (Å²) in [6.45, 7) is 1.49. The Balaban J connectivity index is 2.60. The number of halogens is 1. The number of rotatable bonds is 1. The van der Waals surface area contributed by atoms with E-state index >= 15 is 0 Å². The Morgan fingerprint density at radius 3 is 3.17 bits per heavy atom. The second kappa shape index (κ2) is 2.15. The smallest absolute Gasteiger partial charge is 0.170 e. The number of aromatic nitrogens is 2. The molecule has 1 aromatic rings. The molecule has 1 aliphatic carbocycles. The van der Waals surface area contributed by atoms with Gasteiger partial charge in [-0.1, -0.05) is 0 Å². The summed E-state index contributed by atoms with van der Waals surface area (Å²) >= 11 is 0. The molecule has 0 fully saturated rings. The second-order valence-electron chi connectivity index (χ2n) is 3.28. The summed E-state index contributed by atoms with van der Waals surface area (Å²) in [5.74, 6) is 0. The Hall–Kier alpha value is -1.19. The van der Waals surface area contributed by atoms with Crippen LogP contribution >= 0.6 is 0 Å². The number of carbonyl (C=O) groups excluding carboxylic acids is 1. The van der Waals surface area contributed by atoms with Gasteiger partial charge in [0.2, 0.25) is 0 Å². The van der Waals surface area contributed by atoms with Crippen molar-refractivity contribution in [2.45, 2.75) is 25.4 Å². The Morgan fingerprint density at radius 2 is 2.50 bits per heavy atom. The monoisotopic (exact) mass is 168 g/mol. The lowest BCUT2D eigenvalue weighted by atomic mass is 10.0. The van der Waals surface area contributed by atoms with Gasteiger partial charge >= 0.3 is 0 Å². The molecule has 1 aromatic heterocycles. The summed E-state index contributed by atoms with van der Waals surface area (Å²) in [4.78, 5) is 10.5. The maximum atomic E-state index is 13.7. The van der Waals surface area contributed by atoms with Gasteiger partial charge in [0.05, 0.1) is 0 Å². The SMILES string of the molecule is CC1(F)CCc2[nH]nc(C=O)c21. The van der Waals surface area contributed by atoms with Crippen LogP contribution in [0.3, 0.4) is 0 Å². The van der Waals surface area contributed by atoms with Crippen molar-refractivity contribution in [2.75, 3.05) is 0 Å². The average molecular weight is 168 g/mol. The molecule has 0 saturated heterocycles. The third kappa shape index (κ3) is 0.807. The van der Waals surface area contributed by atoms with Crippen molar-refractivity contribution in [3.05, 3.63) is 17.0 Å². The van der Waals surface area contributed by atoms with Gasteiger partial charge in [-0.05, 0) is 19.8 Å². The molecular formula is C8H9FN2O. The standard InChI is InChI=1S/C8H9FN2O/c1-8(9)3-2-5-7(8)6(4-12)11-10-5/h4H,2-3H2,1H3,(H,10,11). The topological polar surface area (TPSA) is 45.8 Å². The van der Waals surface area contributed by atoms with Gasteiger partial charge in [-0.15, -0.1) is 0 Å². The number of H-pyrrole nitrogens is 1.